The number of carbonyl (C=O) groups is 2. The molecule has 0 saturated carbocycles. The number of ether oxygens (including phenoxy) is 1. The van der Waals surface area contributed by atoms with Crippen molar-refractivity contribution in [1.29, 1.82) is 0 Å². The molecule has 1 aliphatic rings. The van der Waals surface area contributed by atoms with Crippen LogP contribution in [0.3, 0.4) is 0 Å². The van der Waals surface area contributed by atoms with Crippen molar-refractivity contribution in [3.63, 3.8) is 0 Å². The Bertz CT molecular complexity index is 991. The van der Waals surface area contributed by atoms with Gasteiger partial charge in [0.15, 0.2) is 0 Å². The Labute approximate surface area is 186 Å². The molecule has 3 aromatic rings. The summed E-state index contributed by atoms with van der Waals surface area (Å²) in [7, 11) is 0. The van der Waals surface area contributed by atoms with Gasteiger partial charge in [0.05, 0.1) is 12.1 Å². The molecule has 1 N–H and O–H groups in total. The highest BCUT2D eigenvalue weighted by Gasteiger charge is 2.21. The molecular weight excluding hydrogens is 410 g/mol. The lowest BCUT2D eigenvalue weighted by molar-refractivity contribution is -0.117. The van der Waals surface area contributed by atoms with E-state index in [2.05, 4.69) is 10.2 Å². The zero-order chi connectivity index (χ0) is 21.5. The minimum Gasteiger partial charge on any atom is -0.457 e. The van der Waals surface area contributed by atoms with Crippen LogP contribution in [0.4, 0.5) is 5.69 Å². The first-order valence-electron chi connectivity index (χ1n) is 10.3. The molecule has 1 fully saturated rings. The summed E-state index contributed by atoms with van der Waals surface area (Å²) in [5.74, 6) is 1.50. The van der Waals surface area contributed by atoms with Crippen molar-refractivity contribution >= 4 is 28.8 Å². The van der Waals surface area contributed by atoms with E-state index in [0.29, 0.717) is 25.4 Å². The van der Waals surface area contributed by atoms with Gasteiger partial charge in [-0.3, -0.25) is 14.5 Å². The molecule has 1 aliphatic heterocycles. The van der Waals surface area contributed by atoms with Gasteiger partial charge in [0, 0.05) is 37.2 Å². The van der Waals surface area contributed by atoms with Crippen LogP contribution in [0, 0.1) is 0 Å². The number of anilines is 1. The molecule has 2 heterocycles. The van der Waals surface area contributed by atoms with E-state index in [1.165, 1.54) is 11.3 Å². The average molecular weight is 436 g/mol. The number of benzene rings is 2. The Hall–Kier alpha value is -3.16. The minimum absolute atomic E-state index is 0.0608. The SMILES string of the molecule is O=C(CN1CCCN(C(=O)c2ccsc2)CC1)Nc1ccc(Oc2ccccc2)cc1. The first-order valence-corrected chi connectivity index (χ1v) is 11.3. The van der Waals surface area contributed by atoms with Crippen LogP contribution in [-0.2, 0) is 4.79 Å². The molecule has 0 radical (unpaired) electrons. The minimum atomic E-state index is -0.0608. The van der Waals surface area contributed by atoms with Gasteiger partial charge in [-0.2, -0.15) is 11.3 Å². The largest absolute Gasteiger partial charge is 0.457 e. The summed E-state index contributed by atoms with van der Waals surface area (Å²) < 4.78 is 5.78. The van der Waals surface area contributed by atoms with Crippen LogP contribution >= 0.6 is 11.3 Å². The van der Waals surface area contributed by atoms with Gasteiger partial charge in [-0.05, 0) is 54.3 Å². The van der Waals surface area contributed by atoms with Crippen molar-refractivity contribution in [3.8, 4) is 11.5 Å². The molecule has 4 rings (SSSR count). The maximum absolute atomic E-state index is 12.6. The molecule has 1 saturated heterocycles. The van der Waals surface area contributed by atoms with Crippen molar-refractivity contribution < 1.29 is 14.3 Å². The predicted molar refractivity (Wildman–Crippen MR) is 123 cm³/mol. The summed E-state index contributed by atoms with van der Waals surface area (Å²) in [6.07, 6.45) is 0.856. The quantitative estimate of drug-likeness (QED) is 0.626. The third kappa shape index (κ3) is 5.93. The fourth-order valence-corrected chi connectivity index (χ4v) is 4.17. The molecule has 2 amide bonds. The second kappa shape index (κ2) is 10.2. The van der Waals surface area contributed by atoms with E-state index < -0.39 is 0 Å². The van der Waals surface area contributed by atoms with E-state index in [4.69, 9.17) is 4.74 Å². The van der Waals surface area contributed by atoms with Crippen LogP contribution in [0.5, 0.6) is 11.5 Å². The van der Waals surface area contributed by atoms with Gasteiger partial charge >= 0.3 is 0 Å². The number of thiophene rings is 1. The first kappa shape index (κ1) is 21.1. The smallest absolute Gasteiger partial charge is 0.254 e. The van der Waals surface area contributed by atoms with Crippen LogP contribution in [0.25, 0.3) is 0 Å². The number of nitrogens with one attached hydrogen (secondary N) is 1. The predicted octanol–water partition coefficient (Wildman–Crippen LogP) is 4.33. The maximum Gasteiger partial charge on any atom is 0.254 e. The number of rotatable bonds is 6. The fourth-order valence-electron chi connectivity index (χ4n) is 3.54. The highest BCUT2D eigenvalue weighted by atomic mass is 32.1. The number of carbonyl (C=O) groups excluding carboxylic acids is 2. The van der Waals surface area contributed by atoms with Gasteiger partial charge in [0.1, 0.15) is 11.5 Å². The van der Waals surface area contributed by atoms with E-state index in [1.807, 2.05) is 76.3 Å². The summed E-state index contributed by atoms with van der Waals surface area (Å²) in [5, 5.41) is 6.74. The molecule has 0 atom stereocenters. The van der Waals surface area contributed by atoms with Crippen molar-refractivity contribution in [3.05, 3.63) is 77.0 Å². The molecule has 7 heteroatoms. The Morgan fingerprint density at radius 2 is 1.68 bits per heavy atom. The molecule has 0 unspecified atom stereocenters. The van der Waals surface area contributed by atoms with Crippen molar-refractivity contribution in [1.82, 2.24) is 9.80 Å². The molecule has 0 spiro atoms. The lowest BCUT2D eigenvalue weighted by Gasteiger charge is -2.21. The molecular formula is C24H25N3O3S. The molecule has 2 aromatic carbocycles. The third-order valence-corrected chi connectivity index (χ3v) is 5.81. The molecule has 6 nitrogen and oxygen atoms in total. The topological polar surface area (TPSA) is 61.9 Å². The van der Waals surface area contributed by atoms with Crippen LogP contribution in [0.15, 0.2) is 71.4 Å². The highest BCUT2D eigenvalue weighted by Crippen LogP contribution is 2.22. The van der Waals surface area contributed by atoms with E-state index >= 15 is 0 Å². The molecule has 0 aliphatic carbocycles. The summed E-state index contributed by atoms with van der Waals surface area (Å²) in [6.45, 7) is 3.14. The van der Waals surface area contributed by atoms with Crippen LogP contribution in [-0.4, -0.2) is 54.3 Å². The van der Waals surface area contributed by atoms with Crippen LogP contribution in [0.2, 0.25) is 0 Å². The van der Waals surface area contributed by atoms with Crippen molar-refractivity contribution in [2.45, 2.75) is 6.42 Å². The highest BCUT2D eigenvalue weighted by molar-refractivity contribution is 7.08. The molecule has 31 heavy (non-hydrogen) atoms. The Morgan fingerprint density at radius 3 is 2.42 bits per heavy atom. The number of hydrogen-bond acceptors (Lipinski definition) is 5. The van der Waals surface area contributed by atoms with Gasteiger partial charge < -0.3 is 15.0 Å². The second-order valence-electron chi connectivity index (χ2n) is 7.42. The first-order chi connectivity index (χ1) is 15.2. The molecule has 160 valence electrons. The lowest BCUT2D eigenvalue weighted by atomic mass is 10.3. The Balaban J connectivity index is 1.25. The summed E-state index contributed by atoms with van der Waals surface area (Å²) in [6, 6.07) is 18.8. The molecule has 0 bridgehead atoms. The fraction of sp³-hybridized carbons (Fsp3) is 0.250. The number of amides is 2. The van der Waals surface area contributed by atoms with Crippen LogP contribution in [0.1, 0.15) is 16.8 Å². The van der Waals surface area contributed by atoms with Gasteiger partial charge in [0.25, 0.3) is 5.91 Å². The zero-order valence-corrected chi connectivity index (χ0v) is 18.0. The summed E-state index contributed by atoms with van der Waals surface area (Å²) >= 11 is 1.53. The van der Waals surface area contributed by atoms with Gasteiger partial charge in [-0.25, -0.2) is 0 Å². The monoisotopic (exact) mass is 435 g/mol. The maximum atomic E-state index is 12.6. The van der Waals surface area contributed by atoms with E-state index in [9.17, 15) is 9.59 Å². The standard InChI is InChI=1S/C24H25N3O3S/c28-23(25-20-7-9-22(10-8-20)30-21-5-2-1-3-6-21)17-26-12-4-13-27(15-14-26)24(29)19-11-16-31-18-19/h1-3,5-11,16,18H,4,12-15,17H2,(H,25,28). The Kier molecular flexibility index (Phi) is 6.96. The average Bonchev–Trinajstić information content (AvgIpc) is 3.23. The number of hydrogen-bond donors (Lipinski definition) is 1. The van der Waals surface area contributed by atoms with E-state index in [-0.39, 0.29) is 11.8 Å². The number of nitrogens with zero attached hydrogens (tertiary/aromatic N) is 2. The summed E-state index contributed by atoms with van der Waals surface area (Å²) in [4.78, 5) is 29.0. The third-order valence-electron chi connectivity index (χ3n) is 5.13. The van der Waals surface area contributed by atoms with Crippen molar-refractivity contribution in [2.24, 2.45) is 0 Å². The van der Waals surface area contributed by atoms with Crippen LogP contribution < -0.4 is 10.1 Å². The number of para-hydroxylation sites is 1. The normalized spacial score (nSPS) is 14.6. The van der Waals surface area contributed by atoms with E-state index in [0.717, 1.165) is 36.5 Å². The summed E-state index contributed by atoms with van der Waals surface area (Å²) in [5.41, 5.74) is 1.48. The second-order valence-corrected chi connectivity index (χ2v) is 8.20. The van der Waals surface area contributed by atoms with E-state index in [1.54, 1.807) is 0 Å². The van der Waals surface area contributed by atoms with Gasteiger partial charge in [0.2, 0.25) is 5.91 Å². The van der Waals surface area contributed by atoms with Gasteiger partial charge in [-0.15, -0.1) is 0 Å². The zero-order valence-electron chi connectivity index (χ0n) is 17.2. The Morgan fingerprint density at radius 1 is 0.903 bits per heavy atom. The van der Waals surface area contributed by atoms with Crippen molar-refractivity contribution in [2.75, 3.05) is 38.0 Å². The lowest BCUT2D eigenvalue weighted by Crippen LogP contribution is -2.37. The van der Waals surface area contributed by atoms with Gasteiger partial charge in [-0.1, -0.05) is 18.2 Å². The molecule has 1 aromatic heterocycles.